The van der Waals surface area contributed by atoms with Crippen LogP contribution in [0.5, 0.6) is 0 Å². The summed E-state index contributed by atoms with van der Waals surface area (Å²) < 4.78 is 0. The van der Waals surface area contributed by atoms with E-state index in [9.17, 15) is 112 Å². The van der Waals surface area contributed by atoms with E-state index in [1.807, 2.05) is 0 Å². The lowest BCUT2D eigenvalue weighted by Crippen LogP contribution is -2.58. The highest BCUT2D eigenvalue weighted by atomic mass is 16.4. The standard InChI is InChI=1S/C75H113N23O23/c76-74(77)82-25-11-19-47-66(114)84-39-57(100)87-54(37-60(103)104)72(120)93-52(35-45-13-3-1-4-14-45)70(118)91-49(68(116)89-47)17-7-9-23-80-56(99)22-21-51(86-59(102)41-95-27-29-96(42-62(107)108)31-33-98(44-64(111)112)34-32-97(30-28-95)43-63(109)110)65(113)81-24-10-8-18-50-69(117)90-48(20-12-26-83-75(78)79)67(115)85-40-58(101)88-55(38-61(105)106)73(121)94-53(71(119)92-50)36-46-15-5-2-6-16-46/h1-6,13-16,47-55H,7-12,17-44H2,(H,80,99)(H,81,113)(H,84,114)(H,85,115)(H,86,102)(H,87,100)(H,88,101)(H,89,116)(H,90,117)(H,91,118)(H,92,119)(H,93,120)(H,94,121)(H,103,104)(H,105,106)(H,107,108)(H,109,110)(H,111,112)(H4,76,77,82)(H4,78,79,83)/t47-,48-,49?,50-,51?,52+,53+,54-,55-/m0/s1. The lowest BCUT2D eigenvalue weighted by Gasteiger charge is -2.33. The summed E-state index contributed by atoms with van der Waals surface area (Å²) in [5.41, 5.74) is 11.9. The number of amides is 13. The number of nitrogens with two attached hydrogens (primary N) is 2. The zero-order chi connectivity index (χ0) is 88.9. The van der Waals surface area contributed by atoms with E-state index >= 15 is 0 Å². The molecule has 2 aromatic rings. The third kappa shape index (κ3) is 40.1. The molecule has 3 aliphatic heterocycles. The Morgan fingerprint density at radius 1 is 0.372 bits per heavy atom. The molecule has 0 bridgehead atoms. The number of carbonyl (C=O) groups excluding carboxylic acids is 13. The molecule has 46 heteroatoms. The second kappa shape index (κ2) is 52.9. The van der Waals surface area contributed by atoms with Gasteiger partial charge in [0.1, 0.15) is 54.4 Å². The molecule has 3 fully saturated rings. The zero-order valence-electron chi connectivity index (χ0n) is 67.0. The Morgan fingerprint density at radius 3 is 1.04 bits per heavy atom. The van der Waals surface area contributed by atoms with Gasteiger partial charge in [-0.1, -0.05) is 60.7 Å². The molecule has 13 amide bonds. The Bertz CT molecular complexity index is 3890. The lowest BCUT2D eigenvalue weighted by atomic mass is 10.0. The molecule has 0 aromatic heterocycles. The van der Waals surface area contributed by atoms with Crippen molar-refractivity contribution in [1.29, 1.82) is 10.8 Å². The van der Waals surface area contributed by atoms with E-state index in [2.05, 4.69) is 79.8 Å². The van der Waals surface area contributed by atoms with Crippen LogP contribution in [0.2, 0.25) is 0 Å². The van der Waals surface area contributed by atoms with Crippen molar-refractivity contribution >= 4 is 119 Å². The first kappa shape index (κ1) is 98.9. The van der Waals surface area contributed by atoms with Gasteiger partial charge in [0.25, 0.3) is 0 Å². The van der Waals surface area contributed by atoms with Gasteiger partial charge in [-0.2, -0.15) is 0 Å². The first-order valence-corrected chi connectivity index (χ1v) is 39.6. The van der Waals surface area contributed by atoms with Crippen LogP contribution in [-0.4, -0.2) is 336 Å². The third-order valence-electron chi connectivity index (χ3n) is 19.4. The third-order valence-corrected chi connectivity index (χ3v) is 19.4. The highest BCUT2D eigenvalue weighted by Crippen LogP contribution is 2.14. The number of hydrogen-bond donors (Lipinski definition) is 24. The van der Waals surface area contributed by atoms with Gasteiger partial charge >= 0.3 is 29.8 Å². The molecule has 0 saturated carbocycles. The fourth-order valence-electron chi connectivity index (χ4n) is 13.1. The van der Waals surface area contributed by atoms with E-state index in [0.29, 0.717) is 11.1 Å². The number of benzene rings is 2. The number of guanidine groups is 2. The number of hydrogen-bond acceptors (Lipinski definition) is 24. The minimum absolute atomic E-state index is 0.00100. The number of unbranched alkanes of at least 4 members (excludes halogenated alkanes) is 2. The fraction of sp³-hybridized carbons (Fsp3) is 0.573. The van der Waals surface area contributed by atoms with Crippen molar-refractivity contribution in [3.8, 4) is 0 Å². The summed E-state index contributed by atoms with van der Waals surface area (Å²) in [5, 5.41) is 102. The molecule has 26 N–H and O–H groups in total. The van der Waals surface area contributed by atoms with Gasteiger partial charge in [0.15, 0.2) is 11.9 Å². The maximum Gasteiger partial charge on any atom is 0.317 e. The molecule has 2 unspecified atom stereocenters. The van der Waals surface area contributed by atoms with Crippen LogP contribution >= 0.6 is 0 Å². The van der Waals surface area contributed by atoms with Crippen LogP contribution < -0.4 is 91.2 Å². The van der Waals surface area contributed by atoms with Gasteiger partial charge in [-0.25, -0.2) is 0 Å². The normalized spacial score (nSPS) is 21.3. The van der Waals surface area contributed by atoms with E-state index in [1.54, 1.807) is 70.5 Å². The number of aliphatic carboxylic acids is 5. The van der Waals surface area contributed by atoms with Crippen LogP contribution in [0.3, 0.4) is 0 Å². The van der Waals surface area contributed by atoms with Gasteiger partial charge in [0.05, 0.1) is 52.1 Å². The molecular formula is C75H113N23O23. The van der Waals surface area contributed by atoms with E-state index in [4.69, 9.17) is 22.3 Å². The number of carboxylic acid groups (broad SMARTS) is 5. The number of nitrogens with zero attached hydrogens (tertiary/aromatic N) is 4. The maximum absolute atomic E-state index is 14.5. The molecule has 46 nitrogen and oxygen atoms in total. The summed E-state index contributed by atoms with van der Waals surface area (Å²) in [6.07, 6.45) is -3.25. The molecule has 2 aromatic carbocycles. The second-order valence-electron chi connectivity index (χ2n) is 29.2. The molecule has 3 saturated heterocycles. The molecule has 666 valence electrons. The van der Waals surface area contributed by atoms with Gasteiger partial charge in [-0.05, 0) is 81.8 Å². The first-order valence-electron chi connectivity index (χ1n) is 39.6. The van der Waals surface area contributed by atoms with Crippen molar-refractivity contribution < 1.29 is 112 Å². The summed E-state index contributed by atoms with van der Waals surface area (Å²) in [6, 6.07) is 2.82. The summed E-state index contributed by atoms with van der Waals surface area (Å²) >= 11 is 0. The molecule has 0 aliphatic carbocycles. The maximum atomic E-state index is 14.5. The zero-order valence-corrected chi connectivity index (χ0v) is 67.0. The van der Waals surface area contributed by atoms with Gasteiger partial charge in [-0.15, -0.1) is 0 Å². The van der Waals surface area contributed by atoms with E-state index in [1.165, 1.54) is 9.80 Å². The highest BCUT2D eigenvalue weighted by Gasteiger charge is 2.37. The Kier molecular flexibility index (Phi) is 43.3. The van der Waals surface area contributed by atoms with E-state index in [0.717, 1.165) is 0 Å². The molecule has 121 heavy (non-hydrogen) atoms. The van der Waals surface area contributed by atoms with Crippen molar-refractivity contribution in [2.45, 2.75) is 157 Å². The Hall–Kier alpha value is -12.7. The molecule has 3 heterocycles. The fourth-order valence-corrected chi connectivity index (χ4v) is 13.1. The monoisotopic (exact) mass is 1700 g/mol. The molecular weight excluding hydrogens is 1590 g/mol. The summed E-state index contributed by atoms with van der Waals surface area (Å²) in [7, 11) is 0. The van der Waals surface area contributed by atoms with E-state index < -0.39 is 226 Å². The van der Waals surface area contributed by atoms with Crippen LogP contribution in [0.4, 0.5) is 0 Å². The lowest BCUT2D eigenvalue weighted by molar-refractivity contribution is -0.141. The SMILES string of the molecule is N=C(N)NCCC[C@@H]1NC(=O)C(CCCCNC(=O)CCC(NC(=O)CN2CCN(CC(=O)O)CCN(CC(=O)O)CCN(CC(=O)O)CC2)C(=O)NCCCC[C@@H]2NC(=O)[C@@H](Cc3ccccc3)NC(=O)[C@H](CC(=O)O)NC(=O)CNC(=O)[C@H](CCCNC(=N)N)NC2=O)NC(=O)[C@@H](Cc2ccccc2)NC(=O)[C@H](CC(=O)O)NC(=O)CNC1=O. The summed E-state index contributed by atoms with van der Waals surface area (Å²) in [4.78, 5) is 248. The quantitative estimate of drug-likeness (QED) is 0.0168. The summed E-state index contributed by atoms with van der Waals surface area (Å²) in [5.74, 6) is -19.2. The molecule has 9 atom stereocenters. The number of carboxylic acids is 5. The summed E-state index contributed by atoms with van der Waals surface area (Å²) in [6.45, 7) is -3.24. The van der Waals surface area contributed by atoms with Crippen molar-refractivity contribution in [2.75, 3.05) is 118 Å². The van der Waals surface area contributed by atoms with Crippen LogP contribution in [0, 0.1) is 10.8 Å². The highest BCUT2D eigenvalue weighted by molar-refractivity contribution is 6.00. The molecule has 0 radical (unpaired) electrons. The second-order valence-corrected chi connectivity index (χ2v) is 29.2. The molecule has 0 spiro atoms. The van der Waals surface area contributed by atoms with Crippen molar-refractivity contribution in [3.05, 3.63) is 71.8 Å². The average molecular weight is 1700 g/mol. The number of carbonyl (C=O) groups is 18. The van der Waals surface area contributed by atoms with Crippen molar-refractivity contribution in [2.24, 2.45) is 11.5 Å². The topological polar surface area (TPSA) is 702 Å². The Morgan fingerprint density at radius 2 is 0.686 bits per heavy atom. The smallest absolute Gasteiger partial charge is 0.317 e. The Balaban J connectivity index is 1.41. The Labute approximate surface area is 696 Å². The van der Waals surface area contributed by atoms with Crippen molar-refractivity contribution in [1.82, 2.24) is 99.4 Å². The van der Waals surface area contributed by atoms with Gasteiger partial charge in [0.2, 0.25) is 76.8 Å². The van der Waals surface area contributed by atoms with E-state index in [-0.39, 0.29) is 168 Å². The number of rotatable bonds is 39. The molecule has 5 rings (SSSR count). The molecule has 3 aliphatic rings. The number of nitrogens with one attached hydrogen (secondary N) is 17. The average Bonchev–Trinajstić information content (AvgIpc) is 1.85. The van der Waals surface area contributed by atoms with Crippen molar-refractivity contribution in [3.63, 3.8) is 0 Å². The predicted octanol–water partition coefficient (Wildman–Crippen LogP) is -8.60. The first-order chi connectivity index (χ1) is 57.6. The minimum atomic E-state index is -1.76. The van der Waals surface area contributed by atoms with Crippen LogP contribution in [0.1, 0.15) is 101 Å². The van der Waals surface area contributed by atoms with Gasteiger partial charge < -0.3 is 117 Å². The van der Waals surface area contributed by atoms with Crippen LogP contribution in [-0.2, 0) is 99.1 Å². The predicted molar refractivity (Wildman–Crippen MR) is 428 cm³/mol. The van der Waals surface area contributed by atoms with Gasteiger partial charge in [-0.3, -0.25) is 117 Å². The van der Waals surface area contributed by atoms with Gasteiger partial charge in [0, 0.05) is 97.8 Å². The largest absolute Gasteiger partial charge is 0.481 e. The minimum Gasteiger partial charge on any atom is -0.481 e. The van der Waals surface area contributed by atoms with Crippen LogP contribution in [0.25, 0.3) is 0 Å². The van der Waals surface area contributed by atoms with Crippen LogP contribution in [0.15, 0.2) is 60.7 Å².